The Morgan fingerprint density at radius 1 is 1.11 bits per heavy atom. The second-order valence-electron chi connectivity index (χ2n) is 8.05. The summed E-state index contributed by atoms with van der Waals surface area (Å²) >= 11 is 9.31. The molecule has 2 aromatic carbocycles. The van der Waals surface area contributed by atoms with E-state index in [4.69, 9.17) is 18.9 Å². The van der Waals surface area contributed by atoms with E-state index in [-0.39, 0.29) is 17.7 Å². The highest BCUT2D eigenvalue weighted by atomic mass is 127. The number of ether oxygens (including phenoxy) is 4. The van der Waals surface area contributed by atoms with E-state index >= 15 is 0 Å². The molecule has 0 N–H and O–H groups in total. The first-order valence-electron chi connectivity index (χ1n) is 11.3. The van der Waals surface area contributed by atoms with Gasteiger partial charge in [-0.3, -0.25) is 9.36 Å². The Hall–Kier alpha value is -1.91. The number of thiazole rings is 1. The van der Waals surface area contributed by atoms with Crippen LogP contribution in [0.25, 0.3) is 6.08 Å². The molecule has 200 valence electrons. The van der Waals surface area contributed by atoms with Gasteiger partial charge in [0, 0.05) is 4.47 Å². The number of aromatic nitrogens is 1. The van der Waals surface area contributed by atoms with Gasteiger partial charge in [0.1, 0.15) is 5.75 Å². The smallest absolute Gasteiger partial charge is 0.338 e. The number of benzene rings is 2. The van der Waals surface area contributed by atoms with E-state index in [9.17, 15) is 9.59 Å². The van der Waals surface area contributed by atoms with Crippen LogP contribution < -0.4 is 29.1 Å². The lowest BCUT2D eigenvalue weighted by molar-refractivity contribution is -0.139. The highest BCUT2D eigenvalue weighted by Crippen LogP contribution is 2.40. The van der Waals surface area contributed by atoms with Gasteiger partial charge in [-0.15, -0.1) is 0 Å². The number of allylic oxidation sites excluding steroid dienone is 1. The molecule has 2 heterocycles. The van der Waals surface area contributed by atoms with Crippen molar-refractivity contribution in [3.8, 4) is 17.2 Å². The van der Waals surface area contributed by atoms with Crippen molar-refractivity contribution in [2.45, 2.75) is 19.9 Å². The molecule has 0 aliphatic carbocycles. The number of methoxy groups -OCH3 is 3. The molecular weight excluding hydrogens is 802 g/mol. The third-order valence-electron chi connectivity index (χ3n) is 5.84. The first kappa shape index (κ1) is 29.1. The molecule has 3 aromatic rings. The van der Waals surface area contributed by atoms with Crippen LogP contribution in [0.5, 0.6) is 17.2 Å². The van der Waals surface area contributed by atoms with Gasteiger partial charge in [0.2, 0.25) is 0 Å². The maximum atomic E-state index is 13.9. The highest BCUT2D eigenvalue weighted by molar-refractivity contribution is 14.1. The van der Waals surface area contributed by atoms with Gasteiger partial charge in [-0.1, -0.05) is 27.3 Å². The Kier molecular flexibility index (Phi) is 9.25. The van der Waals surface area contributed by atoms with Crippen LogP contribution in [0.15, 0.2) is 49.8 Å². The normalized spacial score (nSPS) is 15.2. The van der Waals surface area contributed by atoms with Crippen molar-refractivity contribution in [1.29, 1.82) is 0 Å². The van der Waals surface area contributed by atoms with Crippen LogP contribution in [0.1, 0.15) is 31.0 Å². The van der Waals surface area contributed by atoms with Gasteiger partial charge < -0.3 is 18.9 Å². The molecular formula is C26H23BrI2N2O6S. The summed E-state index contributed by atoms with van der Waals surface area (Å²) in [5.74, 6) is 1.23. The van der Waals surface area contributed by atoms with Crippen LogP contribution in [0, 0.1) is 7.14 Å². The maximum absolute atomic E-state index is 13.9. The van der Waals surface area contributed by atoms with Crippen LogP contribution in [0.2, 0.25) is 0 Å². The molecule has 1 atom stereocenters. The third kappa shape index (κ3) is 5.41. The largest absolute Gasteiger partial charge is 0.495 e. The number of hydrogen-bond acceptors (Lipinski definition) is 8. The number of esters is 1. The molecule has 0 spiro atoms. The zero-order valence-electron chi connectivity index (χ0n) is 21.1. The van der Waals surface area contributed by atoms with Crippen LogP contribution in [0.4, 0.5) is 0 Å². The average Bonchev–Trinajstić information content (AvgIpc) is 3.17. The van der Waals surface area contributed by atoms with Crippen LogP contribution in [-0.4, -0.2) is 38.5 Å². The number of halogens is 3. The number of carbonyl (C=O) groups excluding carboxylic acids is 1. The van der Waals surface area contributed by atoms with Crippen molar-refractivity contribution in [2.75, 3.05) is 27.9 Å². The standard InChI is InChI=1S/C26H23BrI2N2O6S/c1-6-37-25(33)21-12(2)30-26-31(22(21)14-10-18(34-3)19(35-4)11-15(14)27)24(32)20(38-26)9-13-7-16(28)23(36-5)17(29)8-13/h7-11,22H,6H2,1-5H3/b20-9-/t22-/m0/s1. The van der Waals surface area contributed by atoms with E-state index in [0.717, 1.165) is 18.5 Å². The fourth-order valence-corrected chi connectivity index (χ4v) is 8.02. The predicted octanol–water partition coefficient (Wildman–Crippen LogP) is 4.80. The molecule has 1 aliphatic rings. The number of carbonyl (C=O) groups is 1. The third-order valence-corrected chi connectivity index (χ3v) is 9.11. The molecule has 0 saturated carbocycles. The van der Waals surface area contributed by atoms with Crippen LogP contribution in [0.3, 0.4) is 0 Å². The van der Waals surface area contributed by atoms with Gasteiger partial charge in [0.15, 0.2) is 16.3 Å². The lowest BCUT2D eigenvalue weighted by atomic mass is 9.95. The van der Waals surface area contributed by atoms with Crippen molar-refractivity contribution in [3.05, 3.63) is 78.0 Å². The van der Waals surface area contributed by atoms with Gasteiger partial charge in [-0.25, -0.2) is 9.79 Å². The monoisotopic (exact) mass is 824 g/mol. The zero-order chi connectivity index (χ0) is 27.7. The summed E-state index contributed by atoms with van der Waals surface area (Å²) in [6, 6.07) is 6.63. The Balaban J connectivity index is 2.00. The molecule has 1 aliphatic heterocycles. The van der Waals surface area contributed by atoms with Crippen molar-refractivity contribution in [3.63, 3.8) is 0 Å². The first-order chi connectivity index (χ1) is 18.1. The zero-order valence-corrected chi connectivity index (χ0v) is 27.8. The molecule has 0 bridgehead atoms. The molecule has 0 saturated heterocycles. The summed E-state index contributed by atoms with van der Waals surface area (Å²) in [6.07, 6.45) is 1.83. The Morgan fingerprint density at radius 3 is 2.32 bits per heavy atom. The van der Waals surface area contributed by atoms with E-state index in [1.54, 1.807) is 44.8 Å². The Morgan fingerprint density at radius 2 is 1.74 bits per heavy atom. The number of fused-ring (bicyclic) bond motifs is 1. The number of hydrogen-bond donors (Lipinski definition) is 0. The quantitative estimate of drug-likeness (QED) is 0.252. The van der Waals surface area contributed by atoms with E-state index in [1.165, 1.54) is 18.4 Å². The van der Waals surface area contributed by atoms with Crippen molar-refractivity contribution >= 4 is 84.5 Å². The summed E-state index contributed by atoms with van der Waals surface area (Å²) in [5.41, 5.74) is 2.00. The summed E-state index contributed by atoms with van der Waals surface area (Å²) in [7, 11) is 4.71. The number of rotatable bonds is 7. The van der Waals surface area contributed by atoms with Crippen molar-refractivity contribution in [2.24, 2.45) is 4.99 Å². The van der Waals surface area contributed by atoms with Crippen molar-refractivity contribution < 1.29 is 23.7 Å². The summed E-state index contributed by atoms with van der Waals surface area (Å²) < 4.78 is 26.4. The minimum absolute atomic E-state index is 0.189. The molecule has 0 radical (unpaired) electrons. The fraction of sp³-hybridized carbons (Fsp3) is 0.269. The van der Waals surface area contributed by atoms with Gasteiger partial charge in [0.25, 0.3) is 5.56 Å². The van der Waals surface area contributed by atoms with E-state index in [2.05, 4.69) is 66.1 Å². The summed E-state index contributed by atoms with van der Waals surface area (Å²) in [6.45, 7) is 3.68. The molecule has 0 amide bonds. The lowest BCUT2D eigenvalue weighted by Gasteiger charge is -2.26. The van der Waals surface area contributed by atoms with Gasteiger partial charge in [0.05, 0.1) is 56.9 Å². The van der Waals surface area contributed by atoms with Gasteiger partial charge in [-0.05, 0) is 100 Å². The Labute approximate surface area is 258 Å². The van der Waals surface area contributed by atoms with Gasteiger partial charge in [-0.2, -0.15) is 0 Å². The second kappa shape index (κ2) is 12.1. The van der Waals surface area contributed by atoms with E-state index < -0.39 is 12.0 Å². The lowest BCUT2D eigenvalue weighted by Crippen LogP contribution is -2.40. The summed E-state index contributed by atoms with van der Waals surface area (Å²) in [5, 5.41) is 0. The van der Waals surface area contributed by atoms with Crippen molar-refractivity contribution in [1.82, 2.24) is 4.57 Å². The SMILES string of the molecule is CCOC(=O)C1=C(C)N=c2s/c(=C\c3cc(I)c(OC)c(I)c3)c(=O)n2[C@H]1c1cc(OC)c(OC)cc1Br. The first-order valence-corrected chi connectivity index (χ1v) is 15.1. The molecule has 0 fully saturated rings. The van der Waals surface area contributed by atoms with Crippen LogP contribution >= 0.6 is 72.4 Å². The molecule has 0 unspecified atom stereocenters. The maximum Gasteiger partial charge on any atom is 0.338 e. The molecule has 12 heteroatoms. The molecule has 1 aromatic heterocycles. The molecule has 8 nitrogen and oxygen atoms in total. The van der Waals surface area contributed by atoms with E-state index in [1.807, 2.05) is 18.2 Å². The average molecular weight is 825 g/mol. The van der Waals surface area contributed by atoms with Gasteiger partial charge >= 0.3 is 5.97 Å². The Bertz CT molecular complexity index is 1620. The predicted molar refractivity (Wildman–Crippen MR) is 166 cm³/mol. The minimum Gasteiger partial charge on any atom is -0.495 e. The van der Waals surface area contributed by atoms with Crippen LogP contribution in [-0.2, 0) is 9.53 Å². The molecule has 4 rings (SSSR count). The fourth-order valence-electron chi connectivity index (χ4n) is 4.17. The topological polar surface area (TPSA) is 88.4 Å². The highest BCUT2D eigenvalue weighted by Gasteiger charge is 2.35. The summed E-state index contributed by atoms with van der Waals surface area (Å²) in [4.78, 5) is 32.2. The number of nitrogens with zero attached hydrogens (tertiary/aromatic N) is 2. The van der Waals surface area contributed by atoms with E-state index in [0.29, 0.717) is 36.6 Å². The molecule has 38 heavy (non-hydrogen) atoms. The minimum atomic E-state index is -0.794. The second-order valence-corrected chi connectivity index (χ2v) is 12.2.